The number of carbonyl (C=O) groups excluding carboxylic acids is 2. The van der Waals surface area contributed by atoms with E-state index in [0.29, 0.717) is 19.3 Å². The van der Waals surface area contributed by atoms with Gasteiger partial charge in [-0.1, -0.05) is 48.5 Å². The molecule has 0 spiro atoms. The maximum absolute atomic E-state index is 13.0. The van der Waals surface area contributed by atoms with Crippen molar-refractivity contribution in [2.45, 2.75) is 56.1 Å². The van der Waals surface area contributed by atoms with Crippen molar-refractivity contribution in [1.29, 1.82) is 0 Å². The van der Waals surface area contributed by atoms with Crippen LogP contribution in [0.15, 0.2) is 48.5 Å². The van der Waals surface area contributed by atoms with Crippen molar-refractivity contribution in [2.24, 2.45) is 11.8 Å². The second-order valence-corrected chi connectivity index (χ2v) is 10.1. The molecule has 34 heavy (non-hydrogen) atoms. The number of hydrogen-bond acceptors (Lipinski definition) is 4. The first kappa shape index (κ1) is 21.2. The molecular formula is C27H28N2O5. The molecule has 7 nitrogen and oxygen atoms in total. The van der Waals surface area contributed by atoms with Crippen LogP contribution in [0.25, 0.3) is 11.1 Å². The molecule has 4 aliphatic rings. The lowest BCUT2D eigenvalue weighted by Gasteiger charge is -2.38. The zero-order valence-corrected chi connectivity index (χ0v) is 18.9. The Morgan fingerprint density at radius 1 is 0.941 bits per heavy atom. The fourth-order valence-corrected chi connectivity index (χ4v) is 6.55. The Hall–Kier alpha value is -3.35. The molecule has 0 radical (unpaired) electrons. The molecular weight excluding hydrogens is 432 g/mol. The lowest BCUT2D eigenvalue weighted by atomic mass is 9.79. The summed E-state index contributed by atoms with van der Waals surface area (Å²) in [6, 6.07) is 16.3. The molecule has 2 saturated heterocycles. The Balaban J connectivity index is 1.02. The Kier molecular flexibility index (Phi) is 5.08. The molecule has 2 aliphatic heterocycles. The van der Waals surface area contributed by atoms with Crippen LogP contribution in [0.5, 0.6) is 0 Å². The average molecular weight is 461 g/mol. The van der Waals surface area contributed by atoms with E-state index in [1.165, 1.54) is 22.3 Å². The molecule has 2 aromatic rings. The van der Waals surface area contributed by atoms with Crippen LogP contribution in [0.2, 0.25) is 0 Å². The van der Waals surface area contributed by atoms with E-state index in [1.54, 1.807) is 0 Å². The summed E-state index contributed by atoms with van der Waals surface area (Å²) < 4.78 is 5.62. The average Bonchev–Trinajstić information content (AvgIpc) is 3.49. The summed E-state index contributed by atoms with van der Waals surface area (Å²) in [7, 11) is 0. The highest BCUT2D eigenvalue weighted by atomic mass is 16.5. The smallest absolute Gasteiger partial charge is 0.407 e. The van der Waals surface area contributed by atoms with Gasteiger partial charge in [-0.2, -0.15) is 0 Å². The van der Waals surface area contributed by atoms with Crippen LogP contribution >= 0.6 is 0 Å². The largest absolute Gasteiger partial charge is 0.481 e. The van der Waals surface area contributed by atoms with Crippen molar-refractivity contribution < 1.29 is 24.2 Å². The van der Waals surface area contributed by atoms with Gasteiger partial charge in [0.25, 0.3) is 0 Å². The van der Waals surface area contributed by atoms with Gasteiger partial charge in [-0.05, 0) is 54.4 Å². The van der Waals surface area contributed by atoms with Crippen molar-refractivity contribution in [1.82, 2.24) is 10.2 Å². The van der Waals surface area contributed by atoms with E-state index in [4.69, 9.17) is 4.74 Å². The number of aliphatic carboxylic acids is 1. The molecule has 3 fully saturated rings. The van der Waals surface area contributed by atoms with E-state index in [-0.39, 0.29) is 42.5 Å². The Bertz CT molecular complexity index is 1110. The number of hydrogen-bond donors (Lipinski definition) is 2. The highest BCUT2D eigenvalue weighted by Crippen LogP contribution is 2.45. The second-order valence-electron chi connectivity index (χ2n) is 10.1. The summed E-state index contributed by atoms with van der Waals surface area (Å²) in [5.41, 5.74) is 4.72. The fraction of sp³-hybridized carbons (Fsp3) is 0.444. The number of alkyl carbamates (subject to hydrolysis) is 1. The van der Waals surface area contributed by atoms with Gasteiger partial charge < -0.3 is 20.1 Å². The molecule has 2 N–H and O–H groups in total. The summed E-state index contributed by atoms with van der Waals surface area (Å²) in [6.07, 6.45) is 2.95. The number of ether oxygens (including phenoxy) is 1. The van der Waals surface area contributed by atoms with E-state index >= 15 is 0 Å². The SMILES string of the molecule is O=C(NC1CC(C(=O)N2[C@@H]3CC[C@H]2[C@@H](C(=O)O)C3)C1)OCC1c2ccccc2-c2ccccc21. The minimum atomic E-state index is -0.798. The fourth-order valence-electron chi connectivity index (χ4n) is 6.55. The van der Waals surface area contributed by atoms with Crippen molar-refractivity contribution >= 4 is 18.0 Å². The predicted molar refractivity (Wildman–Crippen MR) is 124 cm³/mol. The molecule has 2 heterocycles. The zero-order valence-electron chi connectivity index (χ0n) is 18.9. The van der Waals surface area contributed by atoms with Gasteiger partial charge >= 0.3 is 12.1 Å². The number of rotatable bonds is 5. The van der Waals surface area contributed by atoms with Gasteiger partial charge in [-0.25, -0.2) is 4.79 Å². The predicted octanol–water partition coefficient (Wildman–Crippen LogP) is 3.77. The number of carboxylic acid groups (broad SMARTS) is 1. The van der Waals surface area contributed by atoms with Gasteiger partial charge in [0, 0.05) is 30.0 Å². The molecule has 176 valence electrons. The number of fused-ring (bicyclic) bond motifs is 5. The number of nitrogens with one attached hydrogen (secondary N) is 1. The van der Waals surface area contributed by atoms with Gasteiger partial charge in [0.05, 0.1) is 5.92 Å². The first-order chi connectivity index (χ1) is 16.5. The van der Waals surface area contributed by atoms with Gasteiger partial charge in [0.15, 0.2) is 0 Å². The van der Waals surface area contributed by atoms with E-state index in [2.05, 4.69) is 29.6 Å². The van der Waals surface area contributed by atoms with Crippen LogP contribution in [-0.4, -0.2) is 52.7 Å². The first-order valence-electron chi connectivity index (χ1n) is 12.2. The van der Waals surface area contributed by atoms with E-state index < -0.39 is 18.0 Å². The number of benzene rings is 2. The van der Waals surface area contributed by atoms with Crippen molar-refractivity contribution in [2.75, 3.05) is 6.61 Å². The van der Waals surface area contributed by atoms with Crippen LogP contribution < -0.4 is 5.32 Å². The maximum Gasteiger partial charge on any atom is 0.407 e. The molecule has 3 atom stereocenters. The molecule has 7 heteroatoms. The molecule has 0 unspecified atom stereocenters. The maximum atomic E-state index is 13.0. The van der Waals surface area contributed by atoms with E-state index in [9.17, 15) is 19.5 Å². The van der Waals surface area contributed by atoms with Crippen LogP contribution in [0.1, 0.15) is 49.1 Å². The van der Waals surface area contributed by atoms with Crippen molar-refractivity contribution in [3.05, 3.63) is 59.7 Å². The first-order valence-corrected chi connectivity index (χ1v) is 12.2. The Morgan fingerprint density at radius 2 is 1.59 bits per heavy atom. The van der Waals surface area contributed by atoms with Gasteiger partial charge in [0.2, 0.25) is 5.91 Å². The summed E-state index contributed by atoms with van der Waals surface area (Å²) >= 11 is 0. The third-order valence-electron chi connectivity index (χ3n) is 8.26. The summed E-state index contributed by atoms with van der Waals surface area (Å²) in [6.45, 7) is 0.267. The third-order valence-corrected chi connectivity index (χ3v) is 8.26. The standard InChI is InChI=1S/C27H28N2O5/c30-25(29-17-9-10-24(29)22(13-17)26(31)32)15-11-16(12-15)28-27(33)34-14-23-20-7-3-1-5-18(20)19-6-2-4-8-21(19)23/h1-8,15-17,22-24H,9-14H2,(H,28,33)(H,31,32)/t15?,16?,17-,22+,24+/m1/s1. The molecule has 2 aliphatic carbocycles. The monoisotopic (exact) mass is 460 g/mol. The Labute approximate surface area is 198 Å². The van der Waals surface area contributed by atoms with Crippen LogP contribution in [0.4, 0.5) is 4.79 Å². The lowest BCUT2D eigenvalue weighted by molar-refractivity contribution is -0.144. The summed E-state index contributed by atoms with van der Waals surface area (Å²) in [5, 5.41) is 12.3. The van der Waals surface area contributed by atoms with Gasteiger partial charge in [-0.15, -0.1) is 0 Å². The molecule has 2 aromatic carbocycles. The van der Waals surface area contributed by atoms with E-state index in [0.717, 1.165) is 12.8 Å². The Morgan fingerprint density at radius 3 is 2.21 bits per heavy atom. The van der Waals surface area contributed by atoms with Gasteiger partial charge in [0.1, 0.15) is 6.61 Å². The quantitative estimate of drug-likeness (QED) is 0.708. The third kappa shape index (κ3) is 3.37. The van der Waals surface area contributed by atoms with Gasteiger partial charge in [-0.3, -0.25) is 9.59 Å². The molecule has 1 saturated carbocycles. The van der Waals surface area contributed by atoms with E-state index in [1.807, 2.05) is 29.2 Å². The number of nitrogens with zero attached hydrogens (tertiary/aromatic N) is 1. The topological polar surface area (TPSA) is 95.9 Å². The number of amides is 2. The number of carbonyl (C=O) groups is 3. The van der Waals surface area contributed by atoms with Crippen LogP contribution in [0, 0.1) is 11.8 Å². The highest BCUT2D eigenvalue weighted by molar-refractivity contribution is 5.84. The molecule has 2 amide bonds. The van der Waals surface area contributed by atoms with Crippen LogP contribution in [0.3, 0.4) is 0 Å². The molecule has 2 bridgehead atoms. The zero-order chi connectivity index (χ0) is 23.4. The normalized spacial score (nSPS) is 28.7. The summed E-state index contributed by atoms with van der Waals surface area (Å²) in [4.78, 5) is 38.8. The lowest BCUT2D eigenvalue weighted by Crippen LogP contribution is -2.51. The van der Waals surface area contributed by atoms with Crippen molar-refractivity contribution in [3.63, 3.8) is 0 Å². The minimum absolute atomic E-state index is 0.0155. The summed E-state index contributed by atoms with van der Waals surface area (Å²) in [5.74, 6) is -1.30. The molecule has 0 aromatic heterocycles. The van der Waals surface area contributed by atoms with Crippen LogP contribution in [-0.2, 0) is 14.3 Å². The highest BCUT2D eigenvalue weighted by Gasteiger charge is 2.53. The number of carboxylic acids is 1. The minimum Gasteiger partial charge on any atom is -0.481 e. The second kappa shape index (κ2) is 8.15. The molecule has 6 rings (SSSR count). The van der Waals surface area contributed by atoms with Crippen molar-refractivity contribution in [3.8, 4) is 11.1 Å².